The lowest BCUT2D eigenvalue weighted by Crippen LogP contribution is -2.67. The van der Waals surface area contributed by atoms with Gasteiger partial charge in [0, 0.05) is 16.7 Å². The number of aliphatic imine (C=N–C) groups is 1. The molecule has 6 bridgehead atoms. The summed E-state index contributed by atoms with van der Waals surface area (Å²) in [7, 11) is 1.58. The quantitative estimate of drug-likeness (QED) is 0.507. The average molecular weight is 536 g/mol. The van der Waals surface area contributed by atoms with E-state index in [0.29, 0.717) is 33.4 Å². The fourth-order valence-electron chi connectivity index (χ4n) is 5.14. The van der Waals surface area contributed by atoms with Gasteiger partial charge in [-0.05, 0) is 31.2 Å². The highest BCUT2D eigenvalue weighted by Crippen LogP contribution is 2.49. The van der Waals surface area contributed by atoms with Crippen LogP contribution in [-0.4, -0.2) is 52.9 Å². The van der Waals surface area contributed by atoms with Crippen molar-refractivity contribution in [3.05, 3.63) is 87.9 Å². The lowest BCUT2D eigenvalue weighted by atomic mass is 9.96. The van der Waals surface area contributed by atoms with Crippen molar-refractivity contribution in [1.82, 2.24) is 14.7 Å². The van der Waals surface area contributed by atoms with E-state index in [4.69, 9.17) is 33.9 Å². The topological polar surface area (TPSA) is 99.3 Å². The molecule has 0 aliphatic carbocycles. The van der Waals surface area contributed by atoms with E-state index in [-0.39, 0.29) is 5.02 Å². The van der Waals surface area contributed by atoms with E-state index >= 15 is 0 Å². The molecule has 0 aromatic heterocycles. The number of halogens is 2. The van der Waals surface area contributed by atoms with Crippen molar-refractivity contribution in [2.45, 2.75) is 19.1 Å². The lowest BCUT2D eigenvalue weighted by Gasteiger charge is -2.42. The lowest BCUT2D eigenvalue weighted by molar-refractivity contribution is -0.166. The fraction of sp³-hybridized carbons (Fsp3) is 0.154. The van der Waals surface area contributed by atoms with E-state index in [2.05, 4.69) is 0 Å². The smallest absolute Gasteiger partial charge is 0.320 e. The molecule has 0 spiro atoms. The number of nitrogens with zero attached hydrogens (tertiary/aromatic N) is 5. The molecule has 1 saturated heterocycles. The number of hydrogen-bond acceptors (Lipinski definition) is 5. The maximum atomic E-state index is 14.4. The van der Waals surface area contributed by atoms with E-state index in [1.165, 1.54) is 17.9 Å². The summed E-state index contributed by atoms with van der Waals surface area (Å²) in [4.78, 5) is 48.2. The molecular weight excluding hydrogens is 515 g/mol. The van der Waals surface area contributed by atoms with E-state index < -0.39 is 34.6 Å². The second-order valence-corrected chi connectivity index (χ2v) is 10.0. The molecule has 4 amide bonds. The summed E-state index contributed by atoms with van der Waals surface area (Å²) in [6.45, 7) is 1.51. The first-order valence-electron chi connectivity index (χ1n) is 11.5. The minimum atomic E-state index is -1.32. The number of rotatable bonds is 3. The Morgan fingerprint density at radius 1 is 1.03 bits per heavy atom. The Morgan fingerprint density at radius 3 is 2.43 bits per heavy atom. The Kier molecular flexibility index (Phi) is 5.19. The van der Waals surface area contributed by atoms with Crippen molar-refractivity contribution >= 4 is 63.8 Å². The van der Waals surface area contributed by atoms with Crippen LogP contribution in [0.4, 0.5) is 21.9 Å². The summed E-state index contributed by atoms with van der Waals surface area (Å²) >= 11 is 12.8. The first-order chi connectivity index (χ1) is 17.7. The van der Waals surface area contributed by atoms with Gasteiger partial charge in [0.05, 0.1) is 33.7 Å². The molecule has 2 N–H and O–H groups in total. The van der Waals surface area contributed by atoms with Crippen LogP contribution in [0.2, 0.25) is 10.0 Å². The number of fused-ring (bicyclic) bond motifs is 1. The first kappa shape index (κ1) is 23.6. The third-order valence-corrected chi connectivity index (χ3v) is 7.39. The molecule has 1 unspecified atom stereocenters. The van der Waals surface area contributed by atoms with Crippen LogP contribution >= 0.6 is 23.2 Å². The number of hydrazine groups is 1. The van der Waals surface area contributed by atoms with Gasteiger partial charge in [0.2, 0.25) is 0 Å². The summed E-state index contributed by atoms with van der Waals surface area (Å²) in [6.07, 6.45) is -1.32. The molecule has 0 saturated carbocycles. The number of carbonyl (C=O) groups excluding carboxylic acids is 3. The summed E-state index contributed by atoms with van der Waals surface area (Å²) in [5.41, 5.74) is 9.10. The zero-order chi connectivity index (χ0) is 26.2. The van der Waals surface area contributed by atoms with Gasteiger partial charge >= 0.3 is 17.8 Å². The number of anilines is 2. The summed E-state index contributed by atoms with van der Waals surface area (Å²) in [6, 6.07) is 17.8. The summed E-state index contributed by atoms with van der Waals surface area (Å²) in [5, 5.41) is 2.82. The predicted molar refractivity (Wildman–Crippen MR) is 141 cm³/mol. The molecule has 0 radical (unpaired) electrons. The van der Waals surface area contributed by atoms with Crippen LogP contribution in [0.3, 0.4) is 0 Å². The Bertz CT molecular complexity index is 1540. The van der Waals surface area contributed by atoms with Crippen molar-refractivity contribution in [2.75, 3.05) is 11.9 Å². The minimum Gasteiger partial charge on any atom is -0.320 e. The molecule has 4 heterocycles. The van der Waals surface area contributed by atoms with E-state index in [1.54, 1.807) is 37.4 Å². The summed E-state index contributed by atoms with van der Waals surface area (Å²) in [5.74, 6) is -1.07. The number of carbonyl (C=O) groups is 3. The predicted octanol–water partition coefficient (Wildman–Crippen LogP) is 4.23. The van der Waals surface area contributed by atoms with Crippen LogP contribution < -0.4 is 15.2 Å². The molecule has 1 fully saturated rings. The number of nitrogens with two attached hydrogens (primary N) is 1. The van der Waals surface area contributed by atoms with Crippen molar-refractivity contribution in [2.24, 2.45) is 10.7 Å². The van der Waals surface area contributed by atoms with Gasteiger partial charge in [-0.2, -0.15) is 0 Å². The average Bonchev–Trinajstić information content (AvgIpc) is 3.04. The Hall–Kier alpha value is -3.76. The van der Waals surface area contributed by atoms with Crippen molar-refractivity contribution in [1.29, 1.82) is 0 Å². The van der Waals surface area contributed by atoms with Gasteiger partial charge in [-0.25, -0.2) is 14.6 Å². The van der Waals surface area contributed by atoms with Gasteiger partial charge in [0.25, 0.3) is 6.17 Å². The maximum absolute atomic E-state index is 14.4. The number of benzene rings is 3. The highest BCUT2D eigenvalue weighted by atomic mass is 35.5. The molecule has 9 nitrogen and oxygen atoms in total. The Labute approximate surface area is 222 Å². The van der Waals surface area contributed by atoms with Crippen LogP contribution in [0.25, 0.3) is 0 Å². The number of amides is 4. The monoisotopic (exact) mass is 535 g/mol. The second kappa shape index (κ2) is 8.12. The third kappa shape index (κ3) is 3.12. The molecule has 7 rings (SSSR count). The largest absolute Gasteiger partial charge is 0.391 e. The summed E-state index contributed by atoms with van der Waals surface area (Å²) < 4.78 is -0.609. The molecular formula is C26H21Cl2N6O3+. The van der Waals surface area contributed by atoms with Gasteiger partial charge in [-0.1, -0.05) is 64.7 Å². The van der Waals surface area contributed by atoms with Crippen molar-refractivity contribution in [3.8, 4) is 0 Å². The molecule has 4 aliphatic heterocycles. The third-order valence-electron chi connectivity index (χ3n) is 6.86. The number of hydrogen-bond donors (Lipinski definition) is 1. The van der Waals surface area contributed by atoms with Crippen LogP contribution in [0.1, 0.15) is 18.1 Å². The number of urea groups is 1. The highest BCUT2D eigenvalue weighted by Gasteiger charge is 2.67. The first-order valence-corrected chi connectivity index (χ1v) is 12.3. The van der Waals surface area contributed by atoms with Gasteiger partial charge in [0.15, 0.2) is 5.69 Å². The SMILES string of the molecule is C[C@H](N)C(=O)N1N2C(=O)N(c3ccc(Cl)cc3Cl)c3cccc4c3C(c3ccccc3)=NC2C(=O)[N@@+]41C. The van der Waals surface area contributed by atoms with Crippen LogP contribution in [0.5, 0.6) is 0 Å². The molecule has 4 aliphatic rings. The second-order valence-electron chi connectivity index (χ2n) is 9.16. The molecule has 186 valence electrons. The van der Waals surface area contributed by atoms with Gasteiger partial charge in [0.1, 0.15) is 7.05 Å². The standard InChI is InChI=1S/C26H21Cl2N6O3/c1-14(29)24(35)33-32-23-25(36)34(33,2)20-10-6-9-19(21(20)22(30-23)15-7-4-3-5-8-15)31(26(32)37)18-12-11-16(27)13-17(18)28/h3-14,23H,29H2,1-2H3/q+1/t14-,23?,34+/m0/s1. The molecule has 3 atom stereocenters. The molecule has 11 heteroatoms. The molecule has 37 heavy (non-hydrogen) atoms. The maximum Gasteiger partial charge on any atom is 0.391 e. The van der Waals surface area contributed by atoms with Crippen molar-refractivity contribution in [3.63, 3.8) is 0 Å². The van der Waals surface area contributed by atoms with E-state index in [9.17, 15) is 14.4 Å². The fourth-order valence-corrected chi connectivity index (χ4v) is 5.64. The Morgan fingerprint density at radius 2 is 1.76 bits per heavy atom. The van der Waals surface area contributed by atoms with Crippen LogP contribution in [0.15, 0.2) is 71.7 Å². The zero-order valence-corrected chi connectivity index (χ0v) is 21.3. The van der Waals surface area contributed by atoms with E-state index in [1.807, 2.05) is 30.3 Å². The van der Waals surface area contributed by atoms with Gasteiger partial charge < -0.3 is 5.73 Å². The van der Waals surface area contributed by atoms with E-state index in [0.717, 1.165) is 15.7 Å². The highest BCUT2D eigenvalue weighted by molar-refractivity contribution is 6.37. The Balaban J connectivity index is 1.76. The van der Waals surface area contributed by atoms with Gasteiger partial charge in [-0.15, -0.1) is 9.60 Å². The number of likely N-dealkylation sites (N-methyl/N-ethyl adjacent to an activating group) is 1. The zero-order valence-electron chi connectivity index (χ0n) is 19.8. The van der Waals surface area contributed by atoms with Gasteiger partial charge in [-0.3, -0.25) is 9.69 Å². The van der Waals surface area contributed by atoms with Crippen molar-refractivity contribution < 1.29 is 14.4 Å². The number of quaternary nitrogens is 1. The van der Waals surface area contributed by atoms with Crippen LogP contribution in [-0.2, 0) is 9.59 Å². The normalized spacial score (nSPS) is 22.7. The van der Waals surface area contributed by atoms with Crippen LogP contribution in [0, 0.1) is 0 Å². The molecule has 3 aromatic carbocycles. The molecule has 3 aromatic rings. The minimum absolute atomic E-state index is 0.223.